The van der Waals surface area contributed by atoms with E-state index < -0.39 is 18.0 Å². The Morgan fingerprint density at radius 3 is 2.45 bits per heavy atom. The first-order chi connectivity index (χ1) is 9.43. The summed E-state index contributed by atoms with van der Waals surface area (Å²) in [5.41, 5.74) is 0. The van der Waals surface area contributed by atoms with Crippen molar-refractivity contribution in [1.29, 1.82) is 0 Å². The summed E-state index contributed by atoms with van der Waals surface area (Å²) in [5, 5.41) is 14.1. The highest BCUT2D eigenvalue weighted by molar-refractivity contribution is 5.82. The van der Waals surface area contributed by atoms with E-state index in [1.165, 1.54) is 11.8 Å². The van der Waals surface area contributed by atoms with Gasteiger partial charge in [0, 0.05) is 32.5 Å². The van der Waals surface area contributed by atoms with Crippen molar-refractivity contribution in [3.8, 4) is 12.3 Å². The maximum Gasteiger partial charge on any atom is 0.327 e. The lowest BCUT2D eigenvalue weighted by Crippen LogP contribution is -2.52. The second-order valence-corrected chi connectivity index (χ2v) is 4.71. The molecule has 0 radical (unpaired) electrons. The van der Waals surface area contributed by atoms with Crippen LogP contribution in [0.15, 0.2) is 0 Å². The monoisotopic (exact) mass is 281 g/mol. The van der Waals surface area contributed by atoms with Gasteiger partial charge < -0.3 is 20.6 Å². The molecule has 0 spiro atoms. The summed E-state index contributed by atoms with van der Waals surface area (Å²) in [6, 6.07) is -1.44. The number of piperidine rings is 1. The zero-order valence-corrected chi connectivity index (χ0v) is 11.4. The van der Waals surface area contributed by atoms with Gasteiger partial charge in [0.2, 0.25) is 5.91 Å². The largest absolute Gasteiger partial charge is 0.480 e. The molecular formula is C13H19N3O4. The molecule has 1 fully saturated rings. The quantitative estimate of drug-likeness (QED) is 0.620. The Labute approximate surface area is 117 Å². The van der Waals surface area contributed by atoms with Crippen molar-refractivity contribution < 1.29 is 19.5 Å². The molecule has 3 amide bonds. The third-order valence-electron chi connectivity index (χ3n) is 3.11. The average molecular weight is 281 g/mol. The van der Waals surface area contributed by atoms with Gasteiger partial charge in [-0.15, -0.1) is 12.3 Å². The Hall–Kier alpha value is -2.23. The molecule has 1 aliphatic rings. The summed E-state index contributed by atoms with van der Waals surface area (Å²) in [7, 11) is 0. The molecule has 20 heavy (non-hydrogen) atoms. The molecule has 0 aromatic heterocycles. The van der Waals surface area contributed by atoms with Crippen molar-refractivity contribution in [2.24, 2.45) is 0 Å². The molecule has 7 heteroatoms. The van der Waals surface area contributed by atoms with Crippen LogP contribution in [0, 0.1) is 12.3 Å². The number of hydrogen-bond acceptors (Lipinski definition) is 3. The van der Waals surface area contributed by atoms with E-state index in [1.807, 2.05) is 0 Å². The van der Waals surface area contributed by atoms with E-state index in [0.717, 1.165) is 0 Å². The minimum atomic E-state index is -1.15. The lowest BCUT2D eigenvalue weighted by Gasteiger charge is -2.32. The average Bonchev–Trinajstić information content (AvgIpc) is 2.38. The third-order valence-corrected chi connectivity index (χ3v) is 3.11. The van der Waals surface area contributed by atoms with Crippen molar-refractivity contribution in [3.63, 3.8) is 0 Å². The first-order valence-corrected chi connectivity index (χ1v) is 6.43. The first-order valence-electron chi connectivity index (χ1n) is 6.43. The Balaban J connectivity index is 2.44. The second-order valence-electron chi connectivity index (χ2n) is 4.71. The van der Waals surface area contributed by atoms with Gasteiger partial charge in [0.25, 0.3) is 0 Å². The normalized spacial score (nSPS) is 16.9. The maximum absolute atomic E-state index is 11.9. The number of aliphatic carboxylic acids is 1. The van der Waals surface area contributed by atoms with Gasteiger partial charge >= 0.3 is 12.0 Å². The minimum absolute atomic E-state index is 0.0522. The molecule has 3 N–H and O–H groups in total. The van der Waals surface area contributed by atoms with E-state index in [1.54, 1.807) is 0 Å². The molecular weight excluding hydrogens is 262 g/mol. The van der Waals surface area contributed by atoms with E-state index >= 15 is 0 Å². The summed E-state index contributed by atoms with van der Waals surface area (Å²) < 4.78 is 0. The number of hydrogen-bond donors (Lipinski definition) is 3. The number of nitrogens with zero attached hydrogens (tertiary/aromatic N) is 1. The number of amides is 3. The number of terminal acetylenes is 1. The van der Waals surface area contributed by atoms with E-state index in [2.05, 4.69) is 16.6 Å². The van der Waals surface area contributed by atoms with Gasteiger partial charge in [-0.3, -0.25) is 4.79 Å². The molecule has 0 saturated carbocycles. The number of urea groups is 1. The highest BCUT2D eigenvalue weighted by Gasteiger charge is 2.26. The fraction of sp³-hybridized carbons (Fsp3) is 0.615. The van der Waals surface area contributed by atoms with Gasteiger partial charge in [-0.2, -0.15) is 0 Å². The molecule has 0 aromatic carbocycles. The van der Waals surface area contributed by atoms with Crippen LogP contribution in [0.5, 0.6) is 0 Å². The summed E-state index contributed by atoms with van der Waals surface area (Å²) >= 11 is 0. The number of carboxylic acid groups (broad SMARTS) is 1. The van der Waals surface area contributed by atoms with E-state index in [9.17, 15) is 14.4 Å². The van der Waals surface area contributed by atoms with Crippen LogP contribution in [0.4, 0.5) is 4.79 Å². The van der Waals surface area contributed by atoms with Crippen molar-refractivity contribution in [2.75, 3.05) is 13.1 Å². The van der Waals surface area contributed by atoms with Gasteiger partial charge in [-0.05, 0) is 12.8 Å². The number of carbonyl (C=O) groups excluding carboxylic acids is 2. The predicted molar refractivity (Wildman–Crippen MR) is 71.8 cm³/mol. The molecule has 1 unspecified atom stereocenters. The molecule has 7 nitrogen and oxygen atoms in total. The lowest BCUT2D eigenvalue weighted by molar-refractivity contribution is -0.139. The Bertz CT molecular complexity index is 422. The van der Waals surface area contributed by atoms with E-state index in [4.69, 9.17) is 11.5 Å². The lowest BCUT2D eigenvalue weighted by atomic mass is 10.1. The fourth-order valence-electron chi connectivity index (χ4n) is 2.07. The molecule has 1 rings (SSSR count). The fourth-order valence-corrected chi connectivity index (χ4v) is 2.07. The smallest absolute Gasteiger partial charge is 0.327 e. The van der Waals surface area contributed by atoms with Crippen molar-refractivity contribution in [2.45, 2.75) is 38.3 Å². The summed E-state index contributed by atoms with van der Waals surface area (Å²) in [6.45, 7) is 2.40. The van der Waals surface area contributed by atoms with Crippen molar-refractivity contribution >= 4 is 17.9 Å². The number of likely N-dealkylation sites (tertiary alicyclic amines) is 1. The minimum Gasteiger partial charge on any atom is -0.480 e. The van der Waals surface area contributed by atoms with Crippen LogP contribution in [0.25, 0.3) is 0 Å². The Morgan fingerprint density at radius 1 is 1.40 bits per heavy atom. The molecule has 1 saturated heterocycles. The third kappa shape index (κ3) is 4.80. The van der Waals surface area contributed by atoms with Crippen molar-refractivity contribution in [3.05, 3.63) is 0 Å². The topological polar surface area (TPSA) is 98.7 Å². The Kier molecular flexibility index (Phi) is 5.84. The summed E-state index contributed by atoms with van der Waals surface area (Å²) in [5.74, 6) is 0.986. The molecule has 1 heterocycles. The van der Waals surface area contributed by atoms with Gasteiger partial charge in [-0.25, -0.2) is 9.59 Å². The molecule has 0 bridgehead atoms. The zero-order chi connectivity index (χ0) is 15.1. The van der Waals surface area contributed by atoms with Gasteiger partial charge in [0.1, 0.15) is 6.04 Å². The standard InChI is InChI=1S/C13H19N3O4/c1-3-4-11(12(18)19)15-13(20)16-7-5-10(6-8-16)14-9(2)17/h1,10-11H,4-8H2,2H3,(H,14,17)(H,15,20)(H,18,19). The van der Waals surface area contributed by atoms with Crippen LogP contribution < -0.4 is 10.6 Å². The Morgan fingerprint density at radius 2 is 2.00 bits per heavy atom. The van der Waals surface area contributed by atoms with Crippen LogP contribution in [-0.2, 0) is 9.59 Å². The van der Waals surface area contributed by atoms with Crippen LogP contribution in [0.1, 0.15) is 26.2 Å². The number of nitrogens with one attached hydrogen (secondary N) is 2. The van der Waals surface area contributed by atoms with Crippen LogP contribution in [-0.4, -0.2) is 53.1 Å². The predicted octanol–water partition coefficient (Wildman–Crippen LogP) is -0.227. The number of carbonyl (C=O) groups is 3. The van der Waals surface area contributed by atoms with E-state index in [-0.39, 0.29) is 18.4 Å². The highest BCUT2D eigenvalue weighted by Crippen LogP contribution is 2.10. The molecule has 1 aliphatic heterocycles. The van der Waals surface area contributed by atoms with Gasteiger partial charge in [0.05, 0.1) is 0 Å². The molecule has 1 atom stereocenters. The summed E-state index contributed by atoms with van der Waals surface area (Å²) in [4.78, 5) is 35.3. The first kappa shape index (κ1) is 15.8. The van der Waals surface area contributed by atoms with Crippen LogP contribution in [0.3, 0.4) is 0 Å². The second kappa shape index (κ2) is 7.38. The number of rotatable bonds is 4. The van der Waals surface area contributed by atoms with Crippen LogP contribution in [0.2, 0.25) is 0 Å². The summed E-state index contributed by atoms with van der Waals surface area (Å²) in [6.07, 6.45) is 6.32. The SMILES string of the molecule is C#CCC(NC(=O)N1CCC(NC(C)=O)CC1)C(=O)O. The van der Waals surface area contributed by atoms with Gasteiger partial charge in [-0.1, -0.05) is 0 Å². The zero-order valence-electron chi connectivity index (χ0n) is 11.4. The molecule has 110 valence electrons. The highest BCUT2D eigenvalue weighted by atomic mass is 16.4. The maximum atomic E-state index is 11.9. The van der Waals surface area contributed by atoms with Gasteiger partial charge in [0.15, 0.2) is 0 Å². The molecule has 0 aromatic rings. The van der Waals surface area contributed by atoms with Crippen molar-refractivity contribution in [1.82, 2.24) is 15.5 Å². The van der Waals surface area contributed by atoms with E-state index in [0.29, 0.717) is 25.9 Å². The van der Waals surface area contributed by atoms with Crippen LogP contribution >= 0.6 is 0 Å². The number of carboxylic acids is 1. The molecule has 0 aliphatic carbocycles.